The van der Waals surface area contributed by atoms with Gasteiger partial charge in [0.1, 0.15) is 5.75 Å². The minimum atomic E-state index is 0.0298. The number of benzene rings is 1. The Morgan fingerprint density at radius 3 is 2.46 bits per heavy atom. The molecule has 0 spiro atoms. The summed E-state index contributed by atoms with van der Waals surface area (Å²) < 4.78 is 5.23. The summed E-state index contributed by atoms with van der Waals surface area (Å²) in [7, 11) is 1.69. The number of anilines is 1. The molecule has 3 rings (SSSR count). The lowest BCUT2D eigenvalue weighted by molar-refractivity contribution is -0.914. The number of quaternary nitrogens is 1. The highest BCUT2D eigenvalue weighted by Gasteiger charge is 2.31. The molecule has 3 atom stereocenters. The van der Waals surface area contributed by atoms with Gasteiger partial charge in [-0.15, -0.1) is 0 Å². The topological polar surface area (TPSA) is 46.0 Å². The van der Waals surface area contributed by atoms with Gasteiger partial charge < -0.3 is 19.9 Å². The molecule has 26 heavy (non-hydrogen) atoms. The van der Waals surface area contributed by atoms with Gasteiger partial charge in [0.25, 0.3) is 5.91 Å². The Hall–Kier alpha value is -1.75. The molecule has 5 nitrogen and oxygen atoms in total. The second kappa shape index (κ2) is 8.76. The fraction of sp³-hybridized carbons (Fsp3) is 0.667. The number of hydrogen-bond acceptors (Lipinski definition) is 3. The van der Waals surface area contributed by atoms with E-state index in [0.717, 1.165) is 38.3 Å². The number of ether oxygens (including phenoxy) is 1. The number of nitrogens with zero attached hydrogens (tertiary/aromatic N) is 1. The predicted molar refractivity (Wildman–Crippen MR) is 105 cm³/mol. The summed E-state index contributed by atoms with van der Waals surface area (Å²) >= 11 is 0. The molecular formula is C21H34N3O2+. The van der Waals surface area contributed by atoms with E-state index in [1.54, 1.807) is 7.11 Å². The molecule has 1 aliphatic carbocycles. The van der Waals surface area contributed by atoms with Crippen LogP contribution in [0.25, 0.3) is 0 Å². The molecule has 1 heterocycles. The van der Waals surface area contributed by atoms with Crippen LogP contribution in [0.1, 0.15) is 39.5 Å². The summed E-state index contributed by atoms with van der Waals surface area (Å²) in [5.41, 5.74) is 1.23. The van der Waals surface area contributed by atoms with Crippen LogP contribution in [0.15, 0.2) is 24.3 Å². The maximum atomic E-state index is 12.7. The van der Waals surface area contributed by atoms with Crippen molar-refractivity contribution in [3.05, 3.63) is 24.3 Å². The van der Waals surface area contributed by atoms with Crippen LogP contribution in [0, 0.1) is 5.92 Å². The van der Waals surface area contributed by atoms with Gasteiger partial charge in [0, 0.05) is 11.7 Å². The number of carbonyl (C=O) groups excluding carboxylic acids is 1. The zero-order chi connectivity index (χ0) is 18.5. The van der Waals surface area contributed by atoms with Crippen molar-refractivity contribution in [2.45, 2.75) is 51.6 Å². The van der Waals surface area contributed by atoms with Gasteiger partial charge >= 0.3 is 0 Å². The number of rotatable bonds is 5. The summed E-state index contributed by atoms with van der Waals surface area (Å²) in [5, 5.41) is 3.33. The van der Waals surface area contributed by atoms with Crippen molar-refractivity contribution in [3.8, 4) is 5.75 Å². The molecule has 0 radical (unpaired) electrons. The molecule has 144 valence electrons. The number of nitrogens with one attached hydrogen (secondary N) is 2. The van der Waals surface area contributed by atoms with E-state index in [4.69, 9.17) is 4.74 Å². The van der Waals surface area contributed by atoms with E-state index in [2.05, 4.69) is 36.2 Å². The summed E-state index contributed by atoms with van der Waals surface area (Å²) in [6.07, 6.45) is 4.94. The van der Waals surface area contributed by atoms with E-state index in [0.29, 0.717) is 12.0 Å². The summed E-state index contributed by atoms with van der Waals surface area (Å²) in [5.74, 6) is 1.73. The van der Waals surface area contributed by atoms with Gasteiger partial charge in [-0.3, -0.25) is 4.79 Å². The Kier molecular flexibility index (Phi) is 6.41. The van der Waals surface area contributed by atoms with E-state index in [9.17, 15) is 4.79 Å². The second-order valence-corrected chi connectivity index (χ2v) is 7.94. The maximum Gasteiger partial charge on any atom is 0.278 e. The first-order valence-corrected chi connectivity index (χ1v) is 10.1. The number of hydrogen-bond donors (Lipinski definition) is 2. The fourth-order valence-electron chi connectivity index (χ4n) is 4.30. The van der Waals surface area contributed by atoms with Gasteiger partial charge in [-0.1, -0.05) is 19.8 Å². The van der Waals surface area contributed by atoms with Gasteiger partial charge in [0.15, 0.2) is 6.04 Å². The summed E-state index contributed by atoms with van der Waals surface area (Å²) in [6.45, 7) is 8.33. The van der Waals surface area contributed by atoms with E-state index < -0.39 is 0 Å². The third kappa shape index (κ3) is 4.50. The van der Waals surface area contributed by atoms with Crippen LogP contribution in [0.3, 0.4) is 0 Å². The zero-order valence-electron chi connectivity index (χ0n) is 16.5. The van der Waals surface area contributed by atoms with Crippen LogP contribution >= 0.6 is 0 Å². The van der Waals surface area contributed by atoms with Crippen LogP contribution in [-0.2, 0) is 4.79 Å². The van der Waals surface area contributed by atoms with E-state index in [1.165, 1.54) is 29.8 Å². The third-order valence-electron chi connectivity index (χ3n) is 6.29. The molecule has 0 unspecified atom stereocenters. The van der Waals surface area contributed by atoms with Crippen molar-refractivity contribution in [2.75, 3.05) is 38.2 Å². The van der Waals surface area contributed by atoms with Crippen molar-refractivity contribution < 1.29 is 14.4 Å². The molecule has 2 fully saturated rings. The third-order valence-corrected chi connectivity index (χ3v) is 6.29. The van der Waals surface area contributed by atoms with Gasteiger partial charge in [0.2, 0.25) is 0 Å². The molecule has 1 aliphatic heterocycles. The van der Waals surface area contributed by atoms with Crippen molar-refractivity contribution in [2.24, 2.45) is 5.92 Å². The first-order valence-electron chi connectivity index (χ1n) is 10.1. The first kappa shape index (κ1) is 19.0. The van der Waals surface area contributed by atoms with Crippen LogP contribution in [0.2, 0.25) is 0 Å². The lowest BCUT2D eigenvalue weighted by Gasteiger charge is -2.37. The monoisotopic (exact) mass is 360 g/mol. The van der Waals surface area contributed by atoms with Gasteiger partial charge in [-0.25, -0.2) is 0 Å². The van der Waals surface area contributed by atoms with E-state index in [-0.39, 0.29) is 11.9 Å². The zero-order valence-corrected chi connectivity index (χ0v) is 16.5. The largest absolute Gasteiger partial charge is 0.497 e. The highest BCUT2D eigenvalue weighted by molar-refractivity contribution is 5.80. The van der Waals surface area contributed by atoms with E-state index in [1.807, 2.05) is 12.1 Å². The van der Waals surface area contributed by atoms with E-state index >= 15 is 0 Å². The maximum absolute atomic E-state index is 12.7. The highest BCUT2D eigenvalue weighted by Crippen LogP contribution is 2.23. The smallest absolute Gasteiger partial charge is 0.278 e. The summed E-state index contributed by atoms with van der Waals surface area (Å²) in [4.78, 5) is 16.5. The average Bonchev–Trinajstić information content (AvgIpc) is 2.69. The molecule has 2 N–H and O–H groups in total. The quantitative estimate of drug-likeness (QED) is 0.836. The van der Waals surface area contributed by atoms with Crippen molar-refractivity contribution >= 4 is 11.6 Å². The van der Waals surface area contributed by atoms with Crippen LogP contribution in [0.5, 0.6) is 5.75 Å². The average molecular weight is 361 g/mol. The Balaban J connectivity index is 1.49. The van der Waals surface area contributed by atoms with Crippen molar-refractivity contribution in [1.29, 1.82) is 0 Å². The molecule has 1 aromatic carbocycles. The molecule has 5 heteroatoms. The molecule has 1 saturated heterocycles. The molecule has 1 aromatic rings. The lowest BCUT2D eigenvalue weighted by atomic mass is 9.86. The molecule has 0 aromatic heterocycles. The van der Waals surface area contributed by atoms with Gasteiger partial charge in [-0.05, 0) is 49.9 Å². The predicted octanol–water partition coefficient (Wildman–Crippen LogP) is 1.48. The second-order valence-electron chi connectivity index (χ2n) is 7.94. The number of amides is 1. The van der Waals surface area contributed by atoms with Gasteiger partial charge in [-0.2, -0.15) is 0 Å². The summed E-state index contributed by atoms with van der Waals surface area (Å²) in [6, 6.07) is 8.65. The molecule has 1 saturated carbocycles. The lowest BCUT2D eigenvalue weighted by Crippen LogP contribution is -3.19. The Bertz CT molecular complexity index is 581. The molecule has 2 aliphatic rings. The van der Waals surface area contributed by atoms with Crippen molar-refractivity contribution in [1.82, 2.24) is 5.32 Å². The van der Waals surface area contributed by atoms with Crippen LogP contribution < -0.4 is 19.9 Å². The number of piperazine rings is 1. The minimum Gasteiger partial charge on any atom is -0.497 e. The normalized spacial score (nSPS) is 25.6. The fourth-order valence-corrected chi connectivity index (χ4v) is 4.30. The number of methoxy groups -OCH3 is 1. The highest BCUT2D eigenvalue weighted by atomic mass is 16.5. The molecule has 1 amide bonds. The molecule has 0 bridgehead atoms. The van der Waals surface area contributed by atoms with Gasteiger partial charge in [0.05, 0.1) is 33.3 Å². The van der Waals surface area contributed by atoms with Crippen LogP contribution in [-0.4, -0.2) is 51.3 Å². The Labute approximate surface area is 157 Å². The molecular weight excluding hydrogens is 326 g/mol. The van der Waals surface area contributed by atoms with Crippen LogP contribution in [0.4, 0.5) is 5.69 Å². The SMILES string of the molecule is COc1ccc(N2CC[NH+]([C@H](C)C(=O)N[C@@H]3CCCC[C@H]3C)CC2)cc1. The minimum absolute atomic E-state index is 0.0298. The first-order chi connectivity index (χ1) is 12.6. The standard InChI is InChI=1S/C21H33N3O2/c1-16-6-4-5-7-20(16)22-21(25)17(2)23-12-14-24(15-13-23)18-8-10-19(26-3)11-9-18/h8-11,16-17,20H,4-7,12-15H2,1-3H3,(H,22,25)/p+1/t16-,17-,20-/m1/s1. The van der Waals surface area contributed by atoms with Crippen molar-refractivity contribution in [3.63, 3.8) is 0 Å². The number of carbonyl (C=O) groups is 1. The Morgan fingerprint density at radius 1 is 1.19 bits per heavy atom. The Morgan fingerprint density at radius 2 is 1.85 bits per heavy atom.